The third-order valence-corrected chi connectivity index (χ3v) is 5.66. The molecule has 1 saturated carbocycles. The van der Waals surface area contributed by atoms with Crippen LogP contribution in [0.3, 0.4) is 0 Å². The van der Waals surface area contributed by atoms with Gasteiger partial charge in [-0.1, -0.05) is 12.1 Å². The molecule has 1 fully saturated rings. The molecule has 1 aliphatic rings. The van der Waals surface area contributed by atoms with Crippen molar-refractivity contribution in [3.8, 4) is 0 Å². The largest absolute Gasteiger partial charge is 0.377 e. The van der Waals surface area contributed by atoms with Gasteiger partial charge in [0, 0.05) is 10.6 Å². The molecule has 0 radical (unpaired) electrons. The summed E-state index contributed by atoms with van der Waals surface area (Å²) in [6.45, 7) is 1.97. The lowest BCUT2D eigenvalue weighted by molar-refractivity contribution is 0.597. The van der Waals surface area contributed by atoms with Gasteiger partial charge in [0.05, 0.1) is 10.9 Å². The minimum Gasteiger partial charge on any atom is -0.377 e. The molecule has 112 valence electrons. The van der Waals surface area contributed by atoms with Crippen LogP contribution in [-0.4, -0.2) is 8.42 Å². The van der Waals surface area contributed by atoms with Gasteiger partial charge in [-0.3, -0.25) is 0 Å². The summed E-state index contributed by atoms with van der Waals surface area (Å²) in [6, 6.07) is 9.39. The van der Waals surface area contributed by atoms with E-state index in [1.54, 1.807) is 29.5 Å². The van der Waals surface area contributed by atoms with Crippen LogP contribution >= 0.6 is 11.3 Å². The second kappa shape index (κ2) is 5.44. The van der Waals surface area contributed by atoms with E-state index in [2.05, 4.69) is 16.8 Å². The van der Waals surface area contributed by atoms with E-state index in [4.69, 9.17) is 5.14 Å². The normalized spacial score (nSPS) is 16.7. The van der Waals surface area contributed by atoms with E-state index < -0.39 is 10.0 Å². The number of hydrogen-bond donors (Lipinski definition) is 2. The molecular formula is C15H18N2O2S2. The van der Waals surface area contributed by atoms with Crippen LogP contribution in [0.15, 0.2) is 40.6 Å². The average molecular weight is 322 g/mol. The van der Waals surface area contributed by atoms with Crippen LogP contribution in [-0.2, 0) is 10.0 Å². The Hall–Kier alpha value is -1.37. The molecule has 1 aliphatic carbocycles. The van der Waals surface area contributed by atoms with Crippen molar-refractivity contribution in [3.63, 3.8) is 0 Å². The summed E-state index contributed by atoms with van der Waals surface area (Å²) in [5.41, 5.74) is 1.86. The number of anilines is 1. The Labute approximate surface area is 129 Å². The topological polar surface area (TPSA) is 72.2 Å². The lowest BCUT2D eigenvalue weighted by atomic mass is 10.1. The number of primary sulfonamides is 1. The minimum atomic E-state index is -3.67. The molecule has 1 unspecified atom stereocenters. The zero-order chi connectivity index (χ0) is 15.0. The van der Waals surface area contributed by atoms with Crippen molar-refractivity contribution in [1.29, 1.82) is 0 Å². The van der Waals surface area contributed by atoms with Gasteiger partial charge in [-0.15, -0.1) is 11.3 Å². The molecule has 0 spiro atoms. The van der Waals surface area contributed by atoms with Gasteiger partial charge in [0.1, 0.15) is 0 Å². The van der Waals surface area contributed by atoms with Crippen LogP contribution in [0.25, 0.3) is 0 Å². The molecule has 0 aliphatic heterocycles. The summed E-state index contributed by atoms with van der Waals surface area (Å²) < 4.78 is 23.0. The fraction of sp³-hybridized carbons (Fsp3) is 0.333. The molecular weight excluding hydrogens is 304 g/mol. The van der Waals surface area contributed by atoms with Gasteiger partial charge in [0.2, 0.25) is 10.0 Å². The molecule has 0 amide bonds. The molecule has 4 nitrogen and oxygen atoms in total. The Balaban J connectivity index is 1.93. The number of nitrogens with one attached hydrogen (secondary N) is 1. The molecule has 1 heterocycles. The number of aryl methyl sites for hydroxylation is 1. The van der Waals surface area contributed by atoms with Crippen LogP contribution in [0.1, 0.15) is 29.3 Å². The number of benzene rings is 1. The van der Waals surface area contributed by atoms with Gasteiger partial charge in [-0.05, 0) is 54.8 Å². The highest BCUT2D eigenvalue weighted by molar-refractivity contribution is 7.89. The molecule has 0 saturated heterocycles. The smallest absolute Gasteiger partial charge is 0.238 e. The van der Waals surface area contributed by atoms with Crippen LogP contribution < -0.4 is 10.5 Å². The van der Waals surface area contributed by atoms with Crippen molar-refractivity contribution in [2.75, 3.05) is 5.32 Å². The molecule has 3 N–H and O–H groups in total. The third kappa shape index (κ3) is 3.28. The van der Waals surface area contributed by atoms with Gasteiger partial charge < -0.3 is 5.32 Å². The Kier molecular flexibility index (Phi) is 3.77. The zero-order valence-corrected chi connectivity index (χ0v) is 13.4. The van der Waals surface area contributed by atoms with Crippen molar-refractivity contribution in [2.24, 2.45) is 11.1 Å². The molecule has 21 heavy (non-hydrogen) atoms. The van der Waals surface area contributed by atoms with Crippen molar-refractivity contribution >= 4 is 27.0 Å². The minimum absolute atomic E-state index is 0.149. The SMILES string of the molecule is Cc1ccc(S(N)(=O)=O)cc1NC(c1cccs1)C1CC1. The van der Waals surface area contributed by atoms with Gasteiger partial charge in [0.15, 0.2) is 0 Å². The predicted octanol–water partition coefficient (Wildman–Crippen LogP) is 3.27. The van der Waals surface area contributed by atoms with Crippen LogP contribution in [0.2, 0.25) is 0 Å². The lowest BCUT2D eigenvalue weighted by Gasteiger charge is -2.20. The van der Waals surface area contributed by atoms with Crippen molar-refractivity contribution < 1.29 is 8.42 Å². The van der Waals surface area contributed by atoms with E-state index in [1.165, 1.54) is 17.7 Å². The highest BCUT2D eigenvalue weighted by Gasteiger charge is 2.33. The monoisotopic (exact) mass is 322 g/mol. The van der Waals surface area contributed by atoms with Crippen LogP contribution in [0, 0.1) is 12.8 Å². The second-order valence-electron chi connectivity index (χ2n) is 5.50. The van der Waals surface area contributed by atoms with Gasteiger partial charge in [0.25, 0.3) is 0 Å². The summed E-state index contributed by atoms with van der Waals surface area (Å²) >= 11 is 1.73. The predicted molar refractivity (Wildman–Crippen MR) is 86.0 cm³/mol. The number of rotatable bonds is 5. The average Bonchev–Trinajstić information content (AvgIpc) is 3.11. The summed E-state index contributed by atoms with van der Waals surface area (Å²) in [4.78, 5) is 1.44. The van der Waals surface area contributed by atoms with Gasteiger partial charge in [-0.25, -0.2) is 13.6 Å². The fourth-order valence-electron chi connectivity index (χ4n) is 2.42. The van der Waals surface area contributed by atoms with E-state index in [9.17, 15) is 8.42 Å². The highest BCUT2D eigenvalue weighted by Crippen LogP contribution is 2.44. The molecule has 1 atom stereocenters. The van der Waals surface area contributed by atoms with Crippen molar-refractivity contribution in [3.05, 3.63) is 46.2 Å². The Bertz CT molecular complexity index is 735. The van der Waals surface area contributed by atoms with E-state index in [0.29, 0.717) is 5.92 Å². The number of nitrogens with two attached hydrogens (primary N) is 1. The summed E-state index contributed by atoms with van der Waals surface area (Å²) in [5.74, 6) is 0.626. The van der Waals surface area contributed by atoms with Crippen LogP contribution in [0.4, 0.5) is 5.69 Å². The van der Waals surface area contributed by atoms with Gasteiger partial charge >= 0.3 is 0 Å². The molecule has 0 bridgehead atoms. The summed E-state index contributed by atoms with van der Waals surface area (Å²) in [7, 11) is -3.67. The first kappa shape index (κ1) is 14.6. The second-order valence-corrected chi connectivity index (χ2v) is 8.04. The highest BCUT2D eigenvalue weighted by atomic mass is 32.2. The maximum atomic E-state index is 11.5. The first-order valence-electron chi connectivity index (χ1n) is 6.88. The third-order valence-electron chi connectivity index (χ3n) is 3.79. The molecule has 6 heteroatoms. The van der Waals surface area contributed by atoms with E-state index in [0.717, 1.165) is 11.3 Å². The maximum absolute atomic E-state index is 11.5. The van der Waals surface area contributed by atoms with E-state index >= 15 is 0 Å². The number of sulfonamides is 1. The maximum Gasteiger partial charge on any atom is 0.238 e. The Morgan fingerprint density at radius 2 is 2.10 bits per heavy atom. The number of hydrogen-bond acceptors (Lipinski definition) is 4. The number of thiophene rings is 1. The zero-order valence-electron chi connectivity index (χ0n) is 11.7. The quantitative estimate of drug-likeness (QED) is 0.887. The fourth-order valence-corrected chi connectivity index (χ4v) is 3.83. The van der Waals surface area contributed by atoms with E-state index in [-0.39, 0.29) is 10.9 Å². The summed E-state index contributed by atoms with van der Waals surface area (Å²) in [6.07, 6.45) is 2.42. The molecule has 1 aromatic heterocycles. The Morgan fingerprint density at radius 1 is 1.33 bits per heavy atom. The van der Waals surface area contributed by atoms with Gasteiger partial charge in [-0.2, -0.15) is 0 Å². The van der Waals surface area contributed by atoms with E-state index in [1.807, 2.05) is 13.0 Å². The molecule has 3 rings (SSSR count). The lowest BCUT2D eigenvalue weighted by Crippen LogP contribution is -2.15. The first-order chi connectivity index (χ1) is 9.95. The Morgan fingerprint density at radius 3 is 2.67 bits per heavy atom. The summed E-state index contributed by atoms with van der Waals surface area (Å²) in [5, 5.41) is 10.8. The van der Waals surface area contributed by atoms with Crippen molar-refractivity contribution in [1.82, 2.24) is 0 Å². The van der Waals surface area contributed by atoms with Crippen molar-refractivity contribution in [2.45, 2.75) is 30.7 Å². The first-order valence-corrected chi connectivity index (χ1v) is 9.31. The molecule has 2 aromatic rings. The molecule has 1 aromatic carbocycles. The van der Waals surface area contributed by atoms with Crippen LogP contribution in [0.5, 0.6) is 0 Å². The standard InChI is InChI=1S/C15H18N2O2S2/c1-10-4-7-12(21(16,18)19)9-13(10)17-15(11-5-6-11)14-3-2-8-20-14/h2-4,7-9,11,15,17H,5-6H2,1H3,(H2,16,18,19).